The molecule has 20 heavy (non-hydrogen) atoms. The van der Waals surface area contributed by atoms with E-state index in [1.165, 1.54) is 30.3 Å². The summed E-state index contributed by atoms with van der Waals surface area (Å²) in [7, 11) is 0. The lowest BCUT2D eigenvalue weighted by molar-refractivity contribution is 0.0855. The van der Waals surface area contributed by atoms with Gasteiger partial charge in [-0.1, -0.05) is 6.07 Å². The first-order valence-electron chi connectivity index (χ1n) is 5.76. The second-order valence-corrected chi connectivity index (χ2v) is 4.42. The van der Waals surface area contributed by atoms with Crippen LogP contribution in [0.4, 0.5) is 0 Å². The number of phenols is 4. The number of ketones is 1. The molecule has 3 rings (SSSR count). The minimum Gasteiger partial charge on any atom is -0.507 e. The van der Waals surface area contributed by atoms with E-state index in [4.69, 9.17) is 4.74 Å². The molecule has 4 N–H and O–H groups in total. The zero-order valence-electron chi connectivity index (χ0n) is 10.1. The molecule has 2 aromatic carbocycles. The summed E-state index contributed by atoms with van der Waals surface area (Å²) >= 11 is 0. The molecule has 6 heteroatoms. The number of carbonyl (C=O) groups excluding carboxylic acids is 1. The van der Waals surface area contributed by atoms with E-state index in [-0.39, 0.29) is 34.3 Å². The zero-order chi connectivity index (χ0) is 14.4. The lowest BCUT2D eigenvalue weighted by Crippen LogP contribution is -2.10. The van der Waals surface area contributed by atoms with Crippen molar-refractivity contribution in [2.75, 3.05) is 0 Å². The molecule has 0 aliphatic carbocycles. The number of hydrogen-bond donors (Lipinski definition) is 4. The van der Waals surface area contributed by atoms with Crippen molar-refractivity contribution < 1.29 is 30.0 Å². The SMILES string of the molecule is O=C1c2c(O)ccc(O)c2OC1c1ccc(O)c(O)c1. The van der Waals surface area contributed by atoms with Crippen molar-refractivity contribution in [1.29, 1.82) is 0 Å². The maximum atomic E-state index is 12.2. The third-order valence-corrected chi connectivity index (χ3v) is 3.14. The molecule has 1 aliphatic rings. The monoisotopic (exact) mass is 274 g/mol. The van der Waals surface area contributed by atoms with Gasteiger partial charge in [-0.05, 0) is 24.3 Å². The van der Waals surface area contributed by atoms with Gasteiger partial charge in [-0.25, -0.2) is 0 Å². The van der Waals surface area contributed by atoms with Crippen molar-refractivity contribution in [1.82, 2.24) is 0 Å². The molecule has 6 nitrogen and oxygen atoms in total. The molecular weight excluding hydrogens is 264 g/mol. The fourth-order valence-electron chi connectivity index (χ4n) is 2.14. The van der Waals surface area contributed by atoms with Gasteiger partial charge in [0.15, 0.2) is 29.1 Å². The normalized spacial score (nSPS) is 16.8. The smallest absolute Gasteiger partial charge is 0.215 e. The second kappa shape index (κ2) is 4.06. The van der Waals surface area contributed by atoms with E-state index >= 15 is 0 Å². The molecule has 102 valence electrons. The maximum Gasteiger partial charge on any atom is 0.215 e. The van der Waals surface area contributed by atoms with Crippen molar-refractivity contribution >= 4 is 5.78 Å². The van der Waals surface area contributed by atoms with E-state index < -0.39 is 11.9 Å². The third kappa shape index (κ3) is 1.62. The number of carbonyl (C=O) groups is 1. The summed E-state index contributed by atoms with van der Waals surface area (Å²) in [5.74, 6) is -1.86. The summed E-state index contributed by atoms with van der Waals surface area (Å²) in [5.41, 5.74) is 0.211. The summed E-state index contributed by atoms with van der Waals surface area (Å²) in [6.45, 7) is 0. The Morgan fingerprint density at radius 2 is 1.50 bits per heavy atom. The van der Waals surface area contributed by atoms with Gasteiger partial charge in [-0.3, -0.25) is 4.79 Å². The van der Waals surface area contributed by atoms with Crippen molar-refractivity contribution in [3.63, 3.8) is 0 Å². The van der Waals surface area contributed by atoms with Gasteiger partial charge in [0, 0.05) is 5.56 Å². The molecule has 1 unspecified atom stereocenters. The number of rotatable bonds is 1. The number of aromatic hydroxyl groups is 4. The lowest BCUT2D eigenvalue weighted by atomic mass is 10.0. The Morgan fingerprint density at radius 1 is 0.850 bits per heavy atom. The minimum absolute atomic E-state index is 0.0902. The summed E-state index contributed by atoms with van der Waals surface area (Å²) in [6.07, 6.45) is -1.09. The molecular formula is C14H10O6. The van der Waals surface area contributed by atoms with Gasteiger partial charge in [0.1, 0.15) is 11.3 Å². The Hall–Kier alpha value is -2.89. The molecule has 0 saturated carbocycles. The van der Waals surface area contributed by atoms with Gasteiger partial charge in [0.05, 0.1) is 0 Å². The molecule has 1 heterocycles. The Morgan fingerprint density at radius 3 is 2.15 bits per heavy atom. The van der Waals surface area contributed by atoms with Crippen LogP contribution in [0.5, 0.6) is 28.7 Å². The molecule has 0 amide bonds. The molecule has 2 aromatic rings. The van der Waals surface area contributed by atoms with E-state index in [2.05, 4.69) is 0 Å². The molecule has 1 atom stereocenters. The van der Waals surface area contributed by atoms with Crippen molar-refractivity contribution in [2.24, 2.45) is 0 Å². The van der Waals surface area contributed by atoms with Crippen molar-refractivity contribution in [2.45, 2.75) is 6.10 Å². The van der Waals surface area contributed by atoms with Crippen LogP contribution < -0.4 is 4.74 Å². The molecule has 0 saturated heterocycles. The average Bonchev–Trinajstić information content (AvgIpc) is 2.77. The van der Waals surface area contributed by atoms with Crippen LogP contribution in [0, 0.1) is 0 Å². The Kier molecular flexibility index (Phi) is 2.47. The van der Waals surface area contributed by atoms with Crippen LogP contribution in [0.25, 0.3) is 0 Å². The first kappa shape index (κ1) is 12.2. The molecule has 0 fully saturated rings. The van der Waals surface area contributed by atoms with Crippen LogP contribution >= 0.6 is 0 Å². The quantitative estimate of drug-likeness (QED) is 0.467. The number of ether oxygens (including phenoxy) is 1. The minimum atomic E-state index is -1.09. The summed E-state index contributed by atoms with van der Waals surface area (Å²) < 4.78 is 5.36. The van der Waals surface area contributed by atoms with Gasteiger partial charge in [0.2, 0.25) is 5.78 Å². The first-order valence-corrected chi connectivity index (χ1v) is 5.76. The number of Topliss-reactive ketones (excluding diaryl/α,β-unsaturated/α-hetero) is 1. The predicted octanol–water partition coefficient (Wildman–Crippen LogP) is 1.83. The predicted molar refractivity (Wildman–Crippen MR) is 67.2 cm³/mol. The molecule has 0 bridgehead atoms. The Balaban J connectivity index is 2.08. The fourth-order valence-corrected chi connectivity index (χ4v) is 2.14. The van der Waals surface area contributed by atoms with Crippen molar-refractivity contribution in [3.8, 4) is 28.7 Å². The van der Waals surface area contributed by atoms with Crippen LogP contribution in [0.1, 0.15) is 22.0 Å². The van der Waals surface area contributed by atoms with Gasteiger partial charge < -0.3 is 25.2 Å². The summed E-state index contributed by atoms with van der Waals surface area (Å²) in [5, 5.41) is 38.1. The van der Waals surface area contributed by atoms with Crippen LogP contribution in [0.15, 0.2) is 30.3 Å². The highest BCUT2D eigenvalue weighted by Gasteiger charge is 2.38. The largest absolute Gasteiger partial charge is 0.507 e. The highest BCUT2D eigenvalue weighted by molar-refractivity contribution is 6.08. The second-order valence-electron chi connectivity index (χ2n) is 4.42. The van der Waals surface area contributed by atoms with Crippen LogP contribution in [0.3, 0.4) is 0 Å². The number of phenolic OH excluding ortho intramolecular Hbond substituents is 4. The molecule has 0 spiro atoms. The van der Waals surface area contributed by atoms with E-state index in [1.54, 1.807) is 0 Å². The van der Waals surface area contributed by atoms with E-state index in [0.29, 0.717) is 5.56 Å². The lowest BCUT2D eigenvalue weighted by Gasteiger charge is -2.10. The van der Waals surface area contributed by atoms with Gasteiger partial charge in [-0.2, -0.15) is 0 Å². The number of fused-ring (bicyclic) bond motifs is 1. The Labute approximate surface area is 113 Å². The van der Waals surface area contributed by atoms with E-state index in [0.717, 1.165) is 0 Å². The third-order valence-electron chi connectivity index (χ3n) is 3.14. The number of hydrogen-bond acceptors (Lipinski definition) is 6. The van der Waals surface area contributed by atoms with E-state index in [9.17, 15) is 25.2 Å². The van der Waals surface area contributed by atoms with Gasteiger partial charge in [-0.15, -0.1) is 0 Å². The van der Waals surface area contributed by atoms with Crippen LogP contribution in [-0.2, 0) is 0 Å². The zero-order valence-corrected chi connectivity index (χ0v) is 10.1. The first-order chi connectivity index (χ1) is 9.49. The van der Waals surface area contributed by atoms with Crippen LogP contribution in [0.2, 0.25) is 0 Å². The fraction of sp³-hybridized carbons (Fsp3) is 0.0714. The number of benzene rings is 2. The van der Waals surface area contributed by atoms with Gasteiger partial charge in [0.25, 0.3) is 0 Å². The molecule has 1 aliphatic heterocycles. The summed E-state index contributed by atoms with van der Waals surface area (Å²) in [6, 6.07) is 6.25. The molecule has 0 radical (unpaired) electrons. The maximum absolute atomic E-state index is 12.2. The molecule has 0 aromatic heterocycles. The van der Waals surface area contributed by atoms with Crippen LogP contribution in [-0.4, -0.2) is 26.2 Å². The standard InChI is InChI=1S/C14H10O6/c15-7-2-1-6(5-10(7)18)13-12(19)11-8(16)3-4-9(17)14(11)20-13/h1-5,13,15-18H. The van der Waals surface area contributed by atoms with E-state index in [1.807, 2.05) is 0 Å². The highest BCUT2D eigenvalue weighted by atomic mass is 16.5. The highest BCUT2D eigenvalue weighted by Crippen LogP contribution is 2.46. The topological polar surface area (TPSA) is 107 Å². The Bertz CT molecular complexity index is 722. The average molecular weight is 274 g/mol. The van der Waals surface area contributed by atoms with Crippen molar-refractivity contribution in [3.05, 3.63) is 41.5 Å². The summed E-state index contributed by atoms with van der Waals surface area (Å²) in [4.78, 5) is 12.2. The van der Waals surface area contributed by atoms with Gasteiger partial charge >= 0.3 is 0 Å².